The van der Waals surface area contributed by atoms with Gasteiger partial charge in [0.05, 0.1) is 11.4 Å². The number of hydrogen-bond acceptors (Lipinski definition) is 4. The number of benzene rings is 5. The van der Waals surface area contributed by atoms with Crippen LogP contribution in [0, 0.1) is 5.92 Å². The van der Waals surface area contributed by atoms with E-state index in [9.17, 15) is 19.5 Å². The number of hydrogen-bond donors (Lipinski definition) is 2. The number of nitrogens with zero attached hydrogens (tertiary/aromatic N) is 3. The Labute approximate surface area is 301 Å². The summed E-state index contributed by atoms with van der Waals surface area (Å²) in [6, 6.07) is 41.6. The number of halogens is 1. The lowest BCUT2D eigenvalue weighted by Gasteiger charge is -2.37. The standard InChI is InChI=1S/C42H37ClN4O4/c1-2-38(48)29-20-22-36(43)34(26-29)28-21-23-37-35(25-28)39(44-40(49)30-13-12-24-46(27-30)41(50)51)45-47(37)42(31-14-6-3-7-15-31,32-16-8-4-9-17-32)33-18-10-5-11-19-33/h3-11,14-23,25-26,30H,2,12-13,24,27H2,1H3,(H,50,51)(H,44,45,49)/t30-/m1/s1. The lowest BCUT2D eigenvalue weighted by atomic mass is 9.77. The van der Waals surface area contributed by atoms with Crippen LogP contribution in [0.1, 0.15) is 53.2 Å². The van der Waals surface area contributed by atoms with Gasteiger partial charge in [0.1, 0.15) is 5.54 Å². The summed E-state index contributed by atoms with van der Waals surface area (Å²) >= 11 is 6.76. The number of carbonyl (C=O) groups excluding carboxylic acids is 2. The zero-order valence-corrected chi connectivity index (χ0v) is 28.9. The van der Waals surface area contributed by atoms with Crippen LogP contribution in [0.5, 0.6) is 0 Å². The number of amides is 2. The molecule has 7 rings (SSSR count). The van der Waals surface area contributed by atoms with Crippen LogP contribution in [0.2, 0.25) is 5.02 Å². The molecular formula is C42H37ClN4O4. The molecule has 0 spiro atoms. The van der Waals surface area contributed by atoms with Gasteiger partial charge in [-0.3, -0.25) is 9.59 Å². The minimum Gasteiger partial charge on any atom is -0.465 e. The second-order valence-corrected chi connectivity index (χ2v) is 13.2. The van der Waals surface area contributed by atoms with Crippen LogP contribution in [0.15, 0.2) is 127 Å². The Balaban J connectivity index is 1.49. The number of fused-ring (bicyclic) bond motifs is 1. The van der Waals surface area contributed by atoms with Crippen LogP contribution in [0.3, 0.4) is 0 Å². The van der Waals surface area contributed by atoms with Crippen molar-refractivity contribution in [3.63, 3.8) is 0 Å². The molecule has 0 saturated carbocycles. The smallest absolute Gasteiger partial charge is 0.407 e. The first-order valence-electron chi connectivity index (χ1n) is 17.1. The largest absolute Gasteiger partial charge is 0.465 e. The molecule has 1 aliphatic rings. The summed E-state index contributed by atoms with van der Waals surface area (Å²) < 4.78 is 1.98. The van der Waals surface area contributed by atoms with Crippen LogP contribution in [0.25, 0.3) is 22.0 Å². The van der Waals surface area contributed by atoms with Crippen molar-refractivity contribution in [2.24, 2.45) is 5.92 Å². The summed E-state index contributed by atoms with van der Waals surface area (Å²) in [6.45, 7) is 2.33. The molecule has 1 aromatic heterocycles. The van der Waals surface area contributed by atoms with Gasteiger partial charge in [-0.25, -0.2) is 9.48 Å². The molecule has 2 amide bonds. The molecule has 1 fully saturated rings. The molecule has 1 saturated heterocycles. The van der Waals surface area contributed by atoms with Crippen molar-refractivity contribution < 1.29 is 19.5 Å². The predicted octanol–water partition coefficient (Wildman–Crippen LogP) is 9.12. The van der Waals surface area contributed by atoms with Crippen molar-refractivity contribution in [2.75, 3.05) is 18.4 Å². The highest BCUT2D eigenvalue weighted by atomic mass is 35.5. The number of carbonyl (C=O) groups is 3. The summed E-state index contributed by atoms with van der Waals surface area (Å²) in [6.07, 6.45) is 0.485. The molecule has 2 heterocycles. The minimum absolute atomic E-state index is 0.0102. The van der Waals surface area contributed by atoms with Crippen molar-refractivity contribution in [1.82, 2.24) is 14.7 Å². The molecular weight excluding hydrogens is 660 g/mol. The van der Waals surface area contributed by atoms with Gasteiger partial charge in [-0.1, -0.05) is 116 Å². The van der Waals surface area contributed by atoms with Crippen LogP contribution in [0.4, 0.5) is 10.6 Å². The van der Waals surface area contributed by atoms with Gasteiger partial charge in [-0.05, 0) is 65.4 Å². The van der Waals surface area contributed by atoms with Gasteiger partial charge in [0, 0.05) is 41.0 Å². The highest BCUT2D eigenvalue weighted by Gasteiger charge is 2.41. The first-order valence-corrected chi connectivity index (χ1v) is 17.5. The van der Waals surface area contributed by atoms with Gasteiger partial charge in [0.25, 0.3) is 0 Å². The molecule has 2 N–H and O–H groups in total. The van der Waals surface area contributed by atoms with E-state index in [2.05, 4.69) is 41.7 Å². The van der Waals surface area contributed by atoms with Crippen molar-refractivity contribution in [1.29, 1.82) is 0 Å². The fourth-order valence-electron chi connectivity index (χ4n) is 7.25. The fourth-order valence-corrected chi connectivity index (χ4v) is 7.47. The maximum atomic E-state index is 14.0. The van der Waals surface area contributed by atoms with Crippen molar-refractivity contribution in [2.45, 2.75) is 31.7 Å². The highest BCUT2D eigenvalue weighted by molar-refractivity contribution is 6.33. The summed E-state index contributed by atoms with van der Waals surface area (Å²) in [7, 11) is 0. The average molecular weight is 697 g/mol. The number of rotatable bonds is 9. The number of aromatic nitrogens is 2. The number of piperidine rings is 1. The number of anilines is 1. The quantitative estimate of drug-likeness (QED) is 0.116. The monoisotopic (exact) mass is 696 g/mol. The van der Waals surface area contributed by atoms with Crippen molar-refractivity contribution in [3.8, 4) is 11.1 Å². The second-order valence-electron chi connectivity index (χ2n) is 12.8. The lowest BCUT2D eigenvalue weighted by Crippen LogP contribution is -2.43. The lowest BCUT2D eigenvalue weighted by molar-refractivity contribution is -0.121. The molecule has 0 unspecified atom stereocenters. The molecule has 51 heavy (non-hydrogen) atoms. The van der Waals surface area contributed by atoms with Gasteiger partial charge < -0.3 is 15.3 Å². The first kappa shape index (κ1) is 33.8. The maximum absolute atomic E-state index is 14.0. The zero-order valence-electron chi connectivity index (χ0n) is 28.1. The van der Waals surface area contributed by atoms with E-state index in [1.165, 1.54) is 4.90 Å². The molecule has 8 nitrogen and oxygen atoms in total. The van der Waals surface area contributed by atoms with E-state index in [1.54, 1.807) is 12.1 Å². The summed E-state index contributed by atoms with van der Waals surface area (Å²) in [5.41, 5.74) is 4.69. The molecule has 0 bridgehead atoms. The molecule has 6 aromatic rings. The molecule has 9 heteroatoms. The summed E-state index contributed by atoms with van der Waals surface area (Å²) in [5.74, 6) is -0.479. The topological polar surface area (TPSA) is 105 Å². The van der Waals surface area contributed by atoms with E-state index in [-0.39, 0.29) is 18.2 Å². The van der Waals surface area contributed by atoms with Crippen LogP contribution < -0.4 is 5.32 Å². The summed E-state index contributed by atoms with van der Waals surface area (Å²) in [5, 5.41) is 19.2. The van der Waals surface area contributed by atoms with Gasteiger partial charge in [-0.2, -0.15) is 5.10 Å². The molecule has 5 aromatic carbocycles. The van der Waals surface area contributed by atoms with Crippen LogP contribution in [-0.4, -0.2) is 50.7 Å². The fraction of sp³-hybridized carbons (Fsp3) is 0.190. The van der Waals surface area contributed by atoms with E-state index in [4.69, 9.17) is 16.7 Å². The third-order valence-electron chi connectivity index (χ3n) is 9.80. The minimum atomic E-state index is -1.04. The third kappa shape index (κ3) is 6.28. The van der Waals surface area contributed by atoms with E-state index < -0.39 is 17.6 Å². The molecule has 0 radical (unpaired) electrons. The number of carboxylic acid groups (broad SMARTS) is 1. The Hall–Kier alpha value is -5.73. The Bertz CT molecular complexity index is 2120. The Morgan fingerprint density at radius 2 is 1.45 bits per heavy atom. The molecule has 1 aliphatic heterocycles. The van der Waals surface area contributed by atoms with Crippen molar-refractivity contribution in [3.05, 3.63) is 155 Å². The van der Waals surface area contributed by atoms with E-state index in [0.717, 1.165) is 27.8 Å². The normalized spacial score (nSPS) is 14.7. The maximum Gasteiger partial charge on any atom is 0.407 e. The van der Waals surface area contributed by atoms with Gasteiger partial charge in [0.2, 0.25) is 5.91 Å². The zero-order chi connectivity index (χ0) is 35.5. The number of likely N-dealkylation sites (tertiary alicyclic amines) is 1. The molecule has 0 aliphatic carbocycles. The van der Waals surface area contributed by atoms with Crippen LogP contribution >= 0.6 is 11.6 Å². The Morgan fingerprint density at radius 3 is 2.02 bits per heavy atom. The predicted molar refractivity (Wildman–Crippen MR) is 200 cm³/mol. The van der Waals surface area contributed by atoms with E-state index in [1.807, 2.05) is 90.5 Å². The molecule has 256 valence electrons. The summed E-state index contributed by atoms with van der Waals surface area (Å²) in [4.78, 5) is 39.8. The van der Waals surface area contributed by atoms with Gasteiger partial charge >= 0.3 is 6.09 Å². The average Bonchev–Trinajstić information content (AvgIpc) is 3.53. The first-order chi connectivity index (χ1) is 24.8. The van der Waals surface area contributed by atoms with Crippen molar-refractivity contribution >= 4 is 46.1 Å². The van der Waals surface area contributed by atoms with E-state index >= 15 is 0 Å². The van der Waals surface area contributed by atoms with Gasteiger partial charge in [0.15, 0.2) is 11.6 Å². The van der Waals surface area contributed by atoms with E-state index in [0.29, 0.717) is 53.2 Å². The number of Topliss-reactive ketones (excluding diaryl/α,β-unsaturated/α-hetero) is 1. The Kier molecular flexibility index (Phi) is 9.43. The van der Waals surface area contributed by atoms with Gasteiger partial charge in [-0.15, -0.1) is 0 Å². The second kappa shape index (κ2) is 14.2. The van der Waals surface area contributed by atoms with Crippen LogP contribution in [-0.2, 0) is 10.3 Å². The third-order valence-corrected chi connectivity index (χ3v) is 10.1. The number of nitrogens with one attached hydrogen (secondary N) is 1. The SMILES string of the molecule is CCC(=O)c1ccc(Cl)c(-c2ccc3c(c2)c(NC(=O)[C@@H]2CCCN(C(=O)O)C2)nn3C(c2ccccc2)(c2ccccc2)c2ccccc2)c1. The Morgan fingerprint density at radius 1 is 0.843 bits per heavy atom. The highest BCUT2D eigenvalue weighted by Crippen LogP contribution is 2.44. The number of ketones is 1. The molecule has 1 atom stereocenters.